The van der Waals surface area contributed by atoms with Crippen LogP contribution in [0, 0.1) is 0 Å². The van der Waals surface area contributed by atoms with Crippen LogP contribution in [-0.4, -0.2) is 56.1 Å². The van der Waals surface area contributed by atoms with Gasteiger partial charge >= 0.3 is 0 Å². The van der Waals surface area contributed by atoms with Crippen LogP contribution in [0.3, 0.4) is 0 Å². The van der Waals surface area contributed by atoms with E-state index in [2.05, 4.69) is 62.0 Å². The fourth-order valence-electron chi connectivity index (χ4n) is 4.11. The molecule has 174 valence electrons. The normalized spacial score (nSPS) is 16.0. The lowest BCUT2D eigenvalue weighted by molar-refractivity contribution is 0.394. The van der Waals surface area contributed by atoms with Gasteiger partial charge in [0, 0.05) is 69.0 Å². The summed E-state index contributed by atoms with van der Waals surface area (Å²) in [5.74, 6) is 2.40. The van der Waals surface area contributed by atoms with Crippen LogP contribution in [0.25, 0.3) is 0 Å². The predicted octanol–water partition coefficient (Wildman–Crippen LogP) is 2.89. The molecule has 0 amide bonds. The first-order valence-corrected chi connectivity index (χ1v) is 11.2. The third-order valence-corrected chi connectivity index (χ3v) is 5.91. The molecular formula is C25H32N6O2. The maximum atomic E-state index is 5.43. The molecule has 4 rings (SSSR count). The molecule has 1 aliphatic rings. The second kappa shape index (κ2) is 10.8. The molecule has 0 saturated carbocycles. The van der Waals surface area contributed by atoms with Crippen LogP contribution < -0.4 is 25.0 Å². The lowest BCUT2D eigenvalue weighted by Gasteiger charge is -2.22. The number of rotatable bonds is 8. The van der Waals surface area contributed by atoms with E-state index in [-0.39, 0.29) is 0 Å². The molecule has 1 aliphatic heterocycles. The Labute approximate surface area is 195 Å². The average molecular weight is 449 g/mol. The number of aromatic nitrogens is 2. The van der Waals surface area contributed by atoms with E-state index in [0.717, 1.165) is 49.2 Å². The van der Waals surface area contributed by atoms with Gasteiger partial charge in [-0.25, -0.2) is 0 Å². The molecule has 3 aromatic rings. The van der Waals surface area contributed by atoms with E-state index >= 15 is 0 Å². The topological polar surface area (TPSA) is 75.9 Å². The number of ether oxygens (including phenoxy) is 2. The van der Waals surface area contributed by atoms with E-state index < -0.39 is 0 Å². The summed E-state index contributed by atoms with van der Waals surface area (Å²) in [6.45, 7) is 3.28. The molecule has 0 bridgehead atoms. The number of aliphatic imine (C=N–C) groups is 1. The summed E-state index contributed by atoms with van der Waals surface area (Å²) in [4.78, 5) is 6.79. The lowest BCUT2D eigenvalue weighted by atomic mass is 10.1. The van der Waals surface area contributed by atoms with E-state index in [4.69, 9.17) is 9.47 Å². The number of nitrogens with zero attached hydrogens (tertiary/aromatic N) is 4. The summed E-state index contributed by atoms with van der Waals surface area (Å²) >= 11 is 0. The Bertz CT molecular complexity index is 1040. The fraction of sp³-hybridized carbons (Fsp3) is 0.360. The molecule has 1 atom stereocenters. The minimum atomic E-state index is 0.299. The monoisotopic (exact) mass is 448 g/mol. The van der Waals surface area contributed by atoms with E-state index in [1.165, 1.54) is 11.1 Å². The molecule has 2 N–H and O–H groups in total. The van der Waals surface area contributed by atoms with Crippen LogP contribution in [0.1, 0.15) is 17.5 Å². The van der Waals surface area contributed by atoms with Crippen molar-refractivity contribution in [2.45, 2.75) is 25.6 Å². The van der Waals surface area contributed by atoms with Crippen molar-refractivity contribution in [3.8, 4) is 11.5 Å². The van der Waals surface area contributed by atoms with E-state index in [0.29, 0.717) is 12.6 Å². The van der Waals surface area contributed by atoms with Gasteiger partial charge < -0.3 is 25.0 Å². The standard InChI is InChI=1S/C25H32N6O2/c1-26-25(27-16-19-7-4-5-8-20(19)17-31-11-6-10-28-31)29-21-9-12-30(18-21)22-13-23(32-2)15-24(14-22)33-3/h4-8,10-11,13-15,21H,9,12,16-18H2,1-3H3,(H2,26,27,29). The number of nitrogens with one attached hydrogen (secondary N) is 2. The van der Waals surface area contributed by atoms with Crippen LogP contribution in [0.15, 0.2) is 65.9 Å². The summed E-state index contributed by atoms with van der Waals surface area (Å²) in [7, 11) is 5.16. The molecule has 8 heteroatoms. The highest BCUT2D eigenvalue weighted by Gasteiger charge is 2.24. The zero-order valence-corrected chi connectivity index (χ0v) is 19.5. The first-order chi connectivity index (χ1) is 16.2. The molecule has 2 heterocycles. The lowest BCUT2D eigenvalue weighted by Crippen LogP contribution is -2.44. The van der Waals surface area contributed by atoms with Crippen molar-refractivity contribution in [3.05, 3.63) is 72.1 Å². The Hall–Kier alpha value is -3.68. The minimum absolute atomic E-state index is 0.299. The Balaban J connectivity index is 1.34. The molecule has 33 heavy (non-hydrogen) atoms. The average Bonchev–Trinajstić information content (AvgIpc) is 3.54. The van der Waals surface area contributed by atoms with Gasteiger partial charge in [0.1, 0.15) is 11.5 Å². The maximum Gasteiger partial charge on any atom is 0.191 e. The minimum Gasteiger partial charge on any atom is -0.497 e. The molecule has 1 saturated heterocycles. The highest BCUT2D eigenvalue weighted by Crippen LogP contribution is 2.30. The first-order valence-electron chi connectivity index (χ1n) is 11.2. The highest BCUT2D eigenvalue weighted by molar-refractivity contribution is 5.80. The molecular weight excluding hydrogens is 416 g/mol. The van der Waals surface area contributed by atoms with Crippen LogP contribution >= 0.6 is 0 Å². The number of anilines is 1. The van der Waals surface area contributed by atoms with Gasteiger partial charge in [0.05, 0.1) is 20.8 Å². The van der Waals surface area contributed by atoms with E-state index in [1.54, 1.807) is 20.4 Å². The number of hydrogen-bond donors (Lipinski definition) is 2. The molecule has 1 fully saturated rings. The molecule has 0 spiro atoms. The van der Waals surface area contributed by atoms with Crippen molar-refractivity contribution in [2.24, 2.45) is 4.99 Å². The first kappa shape index (κ1) is 22.5. The van der Waals surface area contributed by atoms with Crippen LogP contribution in [0.5, 0.6) is 11.5 Å². The zero-order chi connectivity index (χ0) is 23.0. The Morgan fingerprint density at radius 3 is 2.52 bits per heavy atom. The van der Waals surface area contributed by atoms with Crippen molar-refractivity contribution in [3.63, 3.8) is 0 Å². The number of hydrogen-bond acceptors (Lipinski definition) is 5. The van der Waals surface area contributed by atoms with Crippen molar-refractivity contribution in [2.75, 3.05) is 39.3 Å². The van der Waals surface area contributed by atoms with Crippen LogP contribution in [0.2, 0.25) is 0 Å². The molecule has 0 radical (unpaired) electrons. The molecule has 2 aromatic carbocycles. The smallest absolute Gasteiger partial charge is 0.191 e. The summed E-state index contributed by atoms with van der Waals surface area (Å²) in [6, 6.07) is 16.7. The Kier molecular flexibility index (Phi) is 7.34. The van der Waals surface area contributed by atoms with Gasteiger partial charge in [-0.15, -0.1) is 0 Å². The van der Waals surface area contributed by atoms with Gasteiger partial charge in [-0.1, -0.05) is 24.3 Å². The summed E-state index contributed by atoms with van der Waals surface area (Å²) in [5.41, 5.74) is 3.57. The fourth-order valence-corrected chi connectivity index (χ4v) is 4.11. The largest absolute Gasteiger partial charge is 0.497 e. The SMILES string of the molecule is CN=C(NCc1ccccc1Cn1cccn1)NC1CCN(c2cc(OC)cc(OC)c2)C1. The summed E-state index contributed by atoms with van der Waals surface area (Å²) in [5, 5.41) is 11.4. The van der Waals surface area contributed by atoms with E-state index in [9.17, 15) is 0 Å². The second-order valence-electron chi connectivity index (χ2n) is 8.04. The van der Waals surface area contributed by atoms with E-state index in [1.807, 2.05) is 30.1 Å². The van der Waals surface area contributed by atoms with Crippen molar-refractivity contribution in [1.29, 1.82) is 0 Å². The number of methoxy groups -OCH3 is 2. The van der Waals surface area contributed by atoms with Gasteiger partial charge in [-0.2, -0.15) is 5.10 Å². The molecule has 8 nitrogen and oxygen atoms in total. The Morgan fingerprint density at radius 1 is 1.09 bits per heavy atom. The maximum absolute atomic E-state index is 5.43. The van der Waals surface area contributed by atoms with Gasteiger partial charge in [-0.3, -0.25) is 9.67 Å². The predicted molar refractivity (Wildman–Crippen MR) is 131 cm³/mol. The summed E-state index contributed by atoms with van der Waals surface area (Å²) < 4.78 is 12.8. The third-order valence-electron chi connectivity index (χ3n) is 5.91. The number of guanidine groups is 1. The second-order valence-corrected chi connectivity index (χ2v) is 8.04. The summed E-state index contributed by atoms with van der Waals surface area (Å²) in [6.07, 6.45) is 4.81. The van der Waals surface area contributed by atoms with Gasteiger partial charge in [0.15, 0.2) is 5.96 Å². The molecule has 0 aliphatic carbocycles. The third kappa shape index (κ3) is 5.77. The van der Waals surface area contributed by atoms with Crippen molar-refractivity contribution >= 4 is 11.6 Å². The van der Waals surface area contributed by atoms with Gasteiger partial charge in [0.25, 0.3) is 0 Å². The van der Waals surface area contributed by atoms with Crippen LogP contribution in [0.4, 0.5) is 5.69 Å². The van der Waals surface area contributed by atoms with Crippen molar-refractivity contribution in [1.82, 2.24) is 20.4 Å². The quantitative estimate of drug-likeness (QED) is 0.408. The molecule has 1 aromatic heterocycles. The van der Waals surface area contributed by atoms with Crippen molar-refractivity contribution < 1.29 is 9.47 Å². The zero-order valence-electron chi connectivity index (χ0n) is 19.5. The highest BCUT2D eigenvalue weighted by atomic mass is 16.5. The Morgan fingerprint density at radius 2 is 1.85 bits per heavy atom. The van der Waals surface area contributed by atoms with Gasteiger partial charge in [-0.05, 0) is 23.6 Å². The van der Waals surface area contributed by atoms with Crippen LogP contribution in [-0.2, 0) is 13.1 Å². The molecule has 1 unspecified atom stereocenters. The van der Waals surface area contributed by atoms with Gasteiger partial charge in [0.2, 0.25) is 0 Å². The number of benzene rings is 2.